The van der Waals surface area contributed by atoms with E-state index < -0.39 is 0 Å². The number of hydrogen-bond acceptors (Lipinski definition) is 2. The first-order valence-electron chi connectivity index (χ1n) is 8.13. The molecular formula is C16H27NO2. The molecule has 5 atom stereocenters. The molecule has 3 aliphatic rings. The third kappa shape index (κ3) is 2.96. The van der Waals surface area contributed by atoms with Gasteiger partial charge in [0.05, 0.1) is 0 Å². The molecule has 3 saturated carbocycles. The number of rotatable bonds is 5. The lowest BCUT2D eigenvalue weighted by molar-refractivity contribution is -0.122. The highest BCUT2D eigenvalue weighted by Gasteiger charge is 2.40. The van der Waals surface area contributed by atoms with Gasteiger partial charge >= 0.3 is 0 Å². The van der Waals surface area contributed by atoms with Gasteiger partial charge in [-0.25, -0.2) is 0 Å². The largest absolute Gasteiger partial charge is 0.396 e. The second kappa shape index (κ2) is 5.82. The molecule has 3 rings (SSSR count). The molecule has 0 heterocycles. The van der Waals surface area contributed by atoms with E-state index in [1.54, 1.807) is 0 Å². The van der Waals surface area contributed by atoms with E-state index in [-0.39, 0.29) is 12.5 Å². The summed E-state index contributed by atoms with van der Waals surface area (Å²) < 4.78 is 0. The normalized spacial score (nSPS) is 40.8. The van der Waals surface area contributed by atoms with Gasteiger partial charge in [-0.2, -0.15) is 0 Å². The number of nitrogens with one attached hydrogen (secondary N) is 1. The lowest BCUT2D eigenvalue weighted by Gasteiger charge is -2.22. The first-order valence-corrected chi connectivity index (χ1v) is 8.13. The highest BCUT2D eigenvalue weighted by molar-refractivity contribution is 5.76. The zero-order valence-electron chi connectivity index (χ0n) is 11.8. The summed E-state index contributed by atoms with van der Waals surface area (Å²) in [5.74, 6) is 3.61. The van der Waals surface area contributed by atoms with Gasteiger partial charge < -0.3 is 10.4 Å². The molecule has 0 saturated heterocycles. The van der Waals surface area contributed by atoms with Gasteiger partial charge in [0.15, 0.2) is 0 Å². The predicted octanol–water partition coefficient (Wildman–Crippen LogP) is 2.34. The molecule has 0 spiro atoms. The number of hydrogen-bond donors (Lipinski definition) is 2. The summed E-state index contributed by atoms with van der Waals surface area (Å²) in [5.41, 5.74) is 0. The monoisotopic (exact) mass is 265 g/mol. The van der Waals surface area contributed by atoms with Gasteiger partial charge in [0.2, 0.25) is 5.91 Å². The molecule has 1 amide bonds. The maximum absolute atomic E-state index is 12.1. The molecule has 3 aliphatic carbocycles. The molecule has 19 heavy (non-hydrogen) atoms. The first-order chi connectivity index (χ1) is 9.26. The number of aliphatic hydroxyl groups is 1. The fourth-order valence-corrected chi connectivity index (χ4v) is 4.80. The van der Waals surface area contributed by atoms with E-state index >= 15 is 0 Å². The van der Waals surface area contributed by atoms with Crippen LogP contribution in [0.4, 0.5) is 0 Å². The quantitative estimate of drug-likeness (QED) is 0.801. The van der Waals surface area contributed by atoms with Crippen molar-refractivity contribution in [1.29, 1.82) is 0 Å². The van der Waals surface area contributed by atoms with Crippen LogP contribution < -0.4 is 5.32 Å². The van der Waals surface area contributed by atoms with E-state index in [9.17, 15) is 9.90 Å². The minimum Gasteiger partial charge on any atom is -0.396 e. The van der Waals surface area contributed by atoms with Crippen molar-refractivity contribution in [2.45, 2.75) is 51.4 Å². The second-order valence-corrected chi connectivity index (χ2v) is 7.08. The number of fused-ring (bicyclic) bond motifs is 2. The molecular weight excluding hydrogens is 238 g/mol. The average molecular weight is 265 g/mol. The summed E-state index contributed by atoms with van der Waals surface area (Å²) in [6.45, 7) is 1.07. The van der Waals surface area contributed by atoms with Crippen LogP contribution in [-0.4, -0.2) is 24.2 Å². The van der Waals surface area contributed by atoms with Crippen molar-refractivity contribution >= 4 is 5.91 Å². The molecule has 5 unspecified atom stereocenters. The third-order valence-electron chi connectivity index (χ3n) is 5.94. The molecule has 3 nitrogen and oxygen atoms in total. The van der Waals surface area contributed by atoms with E-state index in [4.69, 9.17) is 0 Å². The third-order valence-corrected chi connectivity index (χ3v) is 5.94. The molecule has 0 aromatic carbocycles. The molecule has 3 fully saturated rings. The van der Waals surface area contributed by atoms with Gasteiger partial charge in [0.1, 0.15) is 0 Å². The van der Waals surface area contributed by atoms with Crippen molar-refractivity contribution in [3.8, 4) is 0 Å². The van der Waals surface area contributed by atoms with Gasteiger partial charge in [-0.15, -0.1) is 0 Å². The Bertz CT molecular complexity index is 331. The van der Waals surface area contributed by atoms with Crippen molar-refractivity contribution in [2.24, 2.45) is 29.6 Å². The van der Waals surface area contributed by atoms with Crippen LogP contribution in [0, 0.1) is 29.6 Å². The second-order valence-electron chi connectivity index (χ2n) is 7.08. The van der Waals surface area contributed by atoms with E-state index in [1.807, 2.05) is 0 Å². The van der Waals surface area contributed by atoms with E-state index in [0.29, 0.717) is 17.8 Å². The van der Waals surface area contributed by atoms with Gasteiger partial charge in [-0.05, 0) is 61.7 Å². The standard InChI is InChI=1S/C16H27NO2/c18-10-14-3-1-2-13(14)9-17-16(19)8-15-7-11-4-5-12(15)6-11/h11-15,18H,1-10H2,(H,17,19). The summed E-state index contributed by atoms with van der Waals surface area (Å²) >= 11 is 0. The Labute approximate surface area is 116 Å². The van der Waals surface area contributed by atoms with Gasteiger partial charge in [-0.3, -0.25) is 4.79 Å². The van der Waals surface area contributed by atoms with Crippen molar-refractivity contribution in [2.75, 3.05) is 13.2 Å². The lowest BCUT2D eigenvalue weighted by Crippen LogP contribution is -2.33. The van der Waals surface area contributed by atoms with Crippen molar-refractivity contribution in [1.82, 2.24) is 5.32 Å². The Hall–Kier alpha value is -0.570. The Morgan fingerprint density at radius 2 is 1.89 bits per heavy atom. The smallest absolute Gasteiger partial charge is 0.220 e. The number of aliphatic hydroxyl groups excluding tert-OH is 1. The van der Waals surface area contributed by atoms with Gasteiger partial charge in [0, 0.05) is 19.6 Å². The summed E-state index contributed by atoms with van der Waals surface area (Å²) in [6.07, 6.45) is 9.69. The Morgan fingerprint density at radius 1 is 1.05 bits per heavy atom. The highest BCUT2D eigenvalue weighted by Crippen LogP contribution is 2.49. The molecule has 0 aliphatic heterocycles. The predicted molar refractivity (Wildman–Crippen MR) is 74.5 cm³/mol. The Morgan fingerprint density at radius 3 is 2.58 bits per heavy atom. The highest BCUT2D eigenvalue weighted by atomic mass is 16.3. The average Bonchev–Trinajstić information content (AvgIpc) is 3.11. The van der Waals surface area contributed by atoms with Crippen LogP contribution in [0.15, 0.2) is 0 Å². The van der Waals surface area contributed by atoms with E-state index in [0.717, 1.165) is 31.2 Å². The zero-order valence-corrected chi connectivity index (χ0v) is 11.8. The summed E-state index contributed by atoms with van der Waals surface area (Å²) in [7, 11) is 0. The minimum atomic E-state index is 0.251. The maximum atomic E-state index is 12.1. The molecule has 3 heteroatoms. The molecule has 0 aromatic rings. The minimum absolute atomic E-state index is 0.251. The number of carbonyl (C=O) groups excluding carboxylic acids is 1. The van der Waals surface area contributed by atoms with Crippen molar-refractivity contribution < 1.29 is 9.90 Å². The number of amides is 1. The topological polar surface area (TPSA) is 49.3 Å². The van der Waals surface area contributed by atoms with Crippen molar-refractivity contribution in [3.05, 3.63) is 0 Å². The van der Waals surface area contributed by atoms with Crippen LogP contribution in [0.5, 0.6) is 0 Å². The van der Waals surface area contributed by atoms with Crippen LogP contribution in [0.1, 0.15) is 51.4 Å². The molecule has 0 radical (unpaired) electrons. The van der Waals surface area contributed by atoms with Crippen molar-refractivity contribution in [3.63, 3.8) is 0 Å². The summed E-state index contributed by atoms with van der Waals surface area (Å²) in [4.78, 5) is 12.1. The molecule has 2 N–H and O–H groups in total. The van der Waals surface area contributed by atoms with Crippen LogP contribution >= 0.6 is 0 Å². The lowest BCUT2D eigenvalue weighted by atomic mass is 9.86. The van der Waals surface area contributed by atoms with Gasteiger partial charge in [0.25, 0.3) is 0 Å². The van der Waals surface area contributed by atoms with Crippen LogP contribution in [0.25, 0.3) is 0 Å². The van der Waals surface area contributed by atoms with Gasteiger partial charge in [-0.1, -0.05) is 12.8 Å². The van der Waals surface area contributed by atoms with Crippen LogP contribution in [0.2, 0.25) is 0 Å². The summed E-state index contributed by atoms with van der Waals surface area (Å²) in [5, 5.41) is 12.4. The molecule has 2 bridgehead atoms. The first kappa shape index (κ1) is 13.4. The SMILES string of the molecule is O=C(CC1CC2CCC1C2)NCC1CCCC1CO. The Kier molecular flexibility index (Phi) is 4.11. The van der Waals surface area contributed by atoms with E-state index in [1.165, 1.54) is 38.5 Å². The number of carbonyl (C=O) groups is 1. The van der Waals surface area contributed by atoms with E-state index in [2.05, 4.69) is 5.32 Å². The molecule has 0 aromatic heterocycles. The zero-order chi connectivity index (χ0) is 13.2. The maximum Gasteiger partial charge on any atom is 0.220 e. The fraction of sp³-hybridized carbons (Fsp3) is 0.938. The van der Waals surface area contributed by atoms with Crippen LogP contribution in [0.3, 0.4) is 0 Å². The summed E-state index contributed by atoms with van der Waals surface area (Å²) in [6, 6.07) is 0. The molecule has 108 valence electrons. The fourth-order valence-electron chi connectivity index (χ4n) is 4.80. The Balaban J connectivity index is 1.39. The van der Waals surface area contributed by atoms with Crippen LogP contribution in [-0.2, 0) is 4.79 Å².